The molecular weight excluding hydrogens is 326 g/mol. The molecule has 2 aromatic carbocycles. The first-order valence-corrected chi connectivity index (χ1v) is 9.24. The number of carbonyl (C=O) groups excluding carboxylic acids is 2. The van der Waals surface area contributed by atoms with E-state index in [-0.39, 0.29) is 17.9 Å². The van der Waals surface area contributed by atoms with Gasteiger partial charge < -0.3 is 15.5 Å². The van der Waals surface area contributed by atoms with Gasteiger partial charge >= 0.3 is 6.03 Å². The van der Waals surface area contributed by atoms with Crippen LogP contribution in [0.4, 0.5) is 16.2 Å². The van der Waals surface area contributed by atoms with Gasteiger partial charge in [-0.15, -0.1) is 0 Å². The monoisotopic (exact) mass is 349 g/mol. The SMILES string of the molecule is O=C(NCc1ccccc1)Nc1ccc2c(c1)N(C(=O)C1CC1)CCC2. The van der Waals surface area contributed by atoms with Crippen LogP contribution in [0.15, 0.2) is 48.5 Å². The van der Waals surface area contributed by atoms with Gasteiger partial charge in [0, 0.05) is 30.4 Å². The van der Waals surface area contributed by atoms with Gasteiger partial charge in [-0.25, -0.2) is 4.79 Å². The summed E-state index contributed by atoms with van der Waals surface area (Å²) in [5, 5.41) is 5.74. The number of nitrogens with zero attached hydrogens (tertiary/aromatic N) is 1. The number of hydrogen-bond donors (Lipinski definition) is 2. The molecule has 5 heteroatoms. The molecule has 4 rings (SSSR count). The molecule has 134 valence electrons. The second kappa shape index (κ2) is 7.20. The van der Waals surface area contributed by atoms with Crippen molar-refractivity contribution in [3.8, 4) is 0 Å². The van der Waals surface area contributed by atoms with Crippen molar-refractivity contribution in [2.45, 2.75) is 32.2 Å². The molecule has 3 amide bonds. The summed E-state index contributed by atoms with van der Waals surface area (Å²) in [6, 6.07) is 15.4. The molecule has 0 spiro atoms. The van der Waals surface area contributed by atoms with E-state index in [1.54, 1.807) is 0 Å². The highest BCUT2D eigenvalue weighted by Crippen LogP contribution is 2.36. The Morgan fingerprint density at radius 2 is 1.88 bits per heavy atom. The van der Waals surface area contributed by atoms with Crippen LogP contribution in [0.3, 0.4) is 0 Å². The van der Waals surface area contributed by atoms with Crippen molar-refractivity contribution >= 4 is 23.3 Å². The molecule has 0 unspecified atom stereocenters. The summed E-state index contributed by atoms with van der Waals surface area (Å²) in [7, 11) is 0. The van der Waals surface area contributed by atoms with Crippen molar-refractivity contribution in [1.29, 1.82) is 0 Å². The molecule has 26 heavy (non-hydrogen) atoms. The lowest BCUT2D eigenvalue weighted by Gasteiger charge is -2.30. The molecular formula is C21H23N3O2. The Hall–Kier alpha value is -2.82. The third-order valence-corrected chi connectivity index (χ3v) is 4.95. The van der Waals surface area contributed by atoms with Gasteiger partial charge in [0.05, 0.1) is 0 Å². The maximum absolute atomic E-state index is 12.5. The number of amides is 3. The fourth-order valence-corrected chi connectivity index (χ4v) is 3.39. The summed E-state index contributed by atoms with van der Waals surface area (Å²) in [4.78, 5) is 26.6. The fraction of sp³-hybridized carbons (Fsp3) is 0.333. The van der Waals surface area contributed by atoms with Gasteiger partial charge in [0.25, 0.3) is 0 Å². The van der Waals surface area contributed by atoms with Crippen LogP contribution in [0.5, 0.6) is 0 Å². The van der Waals surface area contributed by atoms with Crippen LogP contribution in [0, 0.1) is 5.92 Å². The largest absolute Gasteiger partial charge is 0.334 e. The first-order valence-electron chi connectivity index (χ1n) is 9.24. The lowest BCUT2D eigenvalue weighted by atomic mass is 10.0. The second-order valence-corrected chi connectivity index (χ2v) is 7.00. The fourth-order valence-electron chi connectivity index (χ4n) is 3.39. The third-order valence-electron chi connectivity index (χ3n) is 4.95. The number of aryl methyl sites for hydroxylation is 1. The van der Waals surface area contributed by atoms with E-state index in [1.165, 1.54) is 5.56 Å². The molecule has 0 atom stereocenters. The van der Waals surface area contributed by atoms with E-state index in [9.17, 15) is 9.59 Å². The van der Waals surface area contributed by atoms with Gasteiger partial charge in [0.15, 0.2) is 0 Å². The predicted octanol–water partition coefficient (Wildman–Crippen LogP) is 3.70. The minimum atomic E-state index is -0.246. The highest BCUT2D eigenvalue weighted by atomic mass is 16.2. The van der Waals surface area contributed by atoms with Crippen molar-refractivity contribution in [2.24, 2.45) is 5.92 Å². The summed E-state index contributed by atoms with van der Waals surface area (Å²) in [5.41, 5.74) is 3.90. The van der Waals surface area contributed by atoms with E-state index in [2.05, 4.69) is 10.6 Å². The van der Waals surface area contributed by atoms with Gasteiger partial charge in [-0.3, -0.25) is 4.79 Å². The highest BCUT2D eigenvalue weighted by molar-refractivity contribution is 5.98. The van der Waals surface area contributed by atoms with Gasteiger partial charge in [-0.2, -0.15) is 0 Å². The van der Waals surface area contributed by atoms with E-state index in [0.29, 0.717) is 12.2 Å². The molecule has 1 fully saturated rings. The summed E-state index contributed by atoms with van der Waals surface area (Å²) in [6.45, 7) is 1.25. The molecule has 5 nitrogen and oxygen atoms in total. The minimum Gasteiger partial charge on any atom is -0.334 e. The van der Waals surface area contributed by atoms with Gasteiger partial charge in [-0.05, 0) is 48.9 Å². The predicted molar refractivity (Wildman–Crippen MR) is 102 cm³/mol. The van der Waals surface area contributed by atoms with Crippen molar-refractivity contribution in [3.63, 3.8) is 0 Å². The smallest absolute Gasteiger partial charge is 0.319 e. The number of urea groups is 1. The van der Waals surface area contributed by atoms with Crippen LogP contribution in [0.25, 0.3) is 0 Å². The Morgan fingerprint density at radius 1 is 1.08 bits per heavy atom. The molecule has 1 saturated carbocycles. The average Bonchev–Trinajstić information content (AvgIpc) is 3.51. The summed E-state index contributed by atoms with van der Waals surface area (Å²) in [6.07, 6.45) is 3.98. The quantitative estimate of drug-likeness (QED) is 0.884. The molecule has 0 aromatic heterocycles. The molecule has 2 aliphatic rings. The zero-order valence-electron chi connectivity index (χ0n) is 14.7. The van der Waals surface area contributed by atoms with Crippen LogP contribution < -0.4 is 15.5 Å². The first kappa shape index (κ1) is 16.6. The van der Waals surface area contributed by atoms with E-state index < -0.39 is 0 Å². The number of rotatable bonds is 4. The average molecular weight is 349 g/mol. The van der Waals surface area contributed by atoms with Crippen molar-refractivity contribution in [1.82, 2.24) is 5.32 Å². The molecule has 1 aliphatic carbocycles. The second-order valence-electron chi connectivity index (χ2n) is 7.00. The molecule has 0 radical (unpaired) electrons. The van der Waals surface area contributed by atoms with Crippen LogP contribution in [-0.2, 0) is 17.8 Å². The van der Waals surface area contributed by atoms with Crippen LogP contribution in [0.2, 0.25) is 0 Å². The molecule has 0 saturated heterocycles. The Balaban J connectivity index is 1.43. The molecule has 2 N–H and O–H groups in total. The first-order chi connectivity index (χ1) is 12.7. The molecule has 1 aliphatic heterocycles. The third kappa shape index (κ3) is 3.72. The lowest BCUT2D eigenvalue weighted by Crippen LogP contribution is -2.36. The zero-order chi connectivity index (χ0) is 17.9. The van der Waals surface area contributed by atoms with Crippen LogP contribution >= 0.6 is 0 Å². The number of benzene rings is 2. The minimum absolute atomic E-state index is 0.201. The Bertz CT molecular complexity index is 815. The molecule has 1 heterocycles. The summed E-state index contributed by atoms with van der Waals surface area (Å²) in [5.74, 6) is 0.434. The highest BCUT2D eigenvalue weighted by Gasteiger charge is 2.35. The zero-order valence-corrected chi connectivity index (χ0v) is 14.7. The van der Waals surface area contributed by atoms with Gasteiger partial charge in [0.2, 0.25) is 5.91 Å². The normalized spacial score (nSPS) is 15.9. The standard InChI is InChI=1S/C21H23N3O2/c25-20(17-8-9-17)24-12-4-7-16-10-11-18(13-19(16)24)23-21(26)22-14-15-5-2-1-3-6-15/h1-3,5-6,10-11,13,17H,4,7-9,12,14H2,(H2,22,23,26). The topological polar surface area (TPSA) is 61.4 Å². The Kier molecular flexibility index (Phi) is 4.61. The number of carbonyl (C=O) groups is 2. The lowest BCUT2D eigenvalue weighted by molar-refractivity contribution is -0.119. The number of nitrogens with one attached hydrogen (secondary N) is 2. The maximum Gasteiger partial charge on any atom is 0.319 e. The maximum atomic E-state index is 12.5. The Morgan fingerprint density at radius 3 is 2.65 bits per heavy atom. The van der Waals surface area contributed by atoms with Gasteiger partial charge in [0.1, 0.15) is 0 Å². The summed E-state index contributed by atoms with van der Waals surface area (Å²) < 4.78 is 0. The molecule has 2 aromatic rings. The number of hydrogen-bond acceptors (Lipinski definition) is 2. The summed E-state index contributed by atoms with van der Waals surface area (Å²) >= 11 is 0. The van der Waals surface area contributed by atoms with E-state index in [4.69, 9.17) is 0 Å². The van der Waals surface area contributed by atoms with E-state index in [1.807, 2.05) is 53.4 Å². The van der Waals surface area contributed by atoms with E-state index >= 15 is 0 Å². The van der Waals surface area contributed by atoms with Crippen molar-refractivity contribution in [2.75, 3.05) is 16.8 Å². The van der Waals surface area contributed by atoms with Gasteiger partial charge in [-0.1, -0.05) is 36.4 Å². The number of anilines is 2. The molecule has 0 bridgehead atoms. The Labute approximate surface area is 153 Å². The number of fused-ring (bicyclic) bond motifs is 1. The van der Waals surface area contributed by atoms with E-state index in [0.717, 1.165) is 43.5 Å². The van der Waals surface area contributed by atoms with Crippen molar-refractivity contribution in [3.05, 3.63) is 59.7 Å². The van der Waals surface area contributed by atoms with Crippen molar-refractivity contribution < 1.29 is 9.59 Å². The van der Waals surface area contributed by atoms with Crippen LogP contribution in [0.1, 0.15) is 30.4 Å². The van der Waals surface area contributed by atoms with Crippen LogP contribution in [-0.4, -0.2) is 18.5 Å².